The van der Waals surface area contributed by atoms with Crippen molar-refractivity contribution in [3.05, 3.63) is 34.2 Å². The second-order valence-electron chi connectivity index (χ2n) is 3.93. The van der Waals surface area contributed by atoms with Gasteiger partial charge < -0.3 is 9.72 Å². The van der Waals surface area contributed by atoms with Gasteiger partial charge in [0.2, 0.25) is 5.56 Å². The first kappa shape index (κ1) is 10.5. The molecule has 1 heterocycles. The molecule has 0 unspecified atom stereocenters. The summed E-state index contributed by atoms with van der Waals surface area (Å²) < 4.78 is 5.07. The van der Waals surface area contributed by atoms with Crippen molar-refractivity contribution in [2.24, 2.45) is 0 Å². The number of ether oxygens (including phenoxy) is 1. The van der Waals surface area contributed by atoms with Gasteiger partial charge in [-0.25, -0.2) is 4.79 Å². The molecule has 0 amide bonds. The van der Waals surface area contributed by atoms with Crippen LogP contribution in [0.2, 0.25) is 0 Å². The topological polar surface area (TPSA) is 59.2 Å². The van der Waals surface area contributed by atoms with Crippen molar-refractivity contribution in [3.8, 4) is 0 Å². The van der Waals surface area contributed by atoms with Gasteiger partial charge in [-0.3, -0.25) is 4.79 Å². The number of esters is 1. The first-order valence-corrected chi connectivity index (χ1v) is 4.31. The summed E-state index contributed by atoms with van der Waals surface area (Å²) in [5.41, 5.74) is -0.690. The van der Waals surface area contributed by atoms with E-state index in [1.807, 2.05) is 0 Å². The van der Waals surface area contributed by atoms with Crippen molar-refractivity contribution in [2.75, 3.05) is 0 Å². The number of rotatable bonds is 1. The molecule has 0 aliphatic rings. The average molecular weight is 195 g/mol. The van der Waals surface area contributed by atoms with E-state index in [9.17, 15) is 9.59 Å². The molecule has 4 nitrogen and oxygen atoms in total. The Kier molecular flexibility index (Phi) is 2.74. The number of nitrogens with one attached hydrogen (secondary N) is 1. The predicted molar refractivity (Wildman–Crippen MR) is 52.2 cm³/mol. The minimum Gasteiger partial charge on any atom is -0.455 e. The van der Waals surface area contributed by atoms with E-state index in [0.717, 1.165) is 0 Å². The number of carbonyl (C=O) groups excluding carboxylic acids is 1. The lowest BCUT2D eigenvalue weighted by Crippen LogP contribution is -2.25. The summed E-state index contributed by atoms with van der Waals surface area (Å²) in [4.78, 5) is 24.7. The van der Waals surface area contributed by atoms with Crippen LogP contribution in [0, 0.1) is 0 Å². The molecule has 14 heavy (non-hydrogen) atoms. The predicted octanol–water partition coefficient (Wildman–Crippen LogP) is 1.33. The lowest BCUT2D eigenvalue weighted by Gasteiger charge is -2.19. The Balaban J connectivity index is 2.86. The van der Waals surface area contributed by atoms with Gasteiger partial charge in [0.25, 0.3) is 0 Å². The van der Waals surface area contributed by atoms with E-state index in [1.54, 1.807) is 20.8 Å². The number of carbonyl (C=O) groups is 1. The molecule has 0 radical (unpaired) electrons. The van der Waals surface area contributed by atoms with Gasteiger partial charge in [-0.05, 0) is 26.8 Å². The van der Waals surface area contributed by atoms with Crippen LogP contribution in [0.1, 0.15) is 31.3 Å². The zero-order valence-corrected chi connectivity index (χ0v) is 8.46. The molecule has 76 valence electrons. The lowest BCUT2D eigenvalue weighted by molar-refractivity contribution is 0.00625. The highest BCUT2D eigenvalue weighted by Gasteiger charge is 2.17. The third-order valence-corrected chi connectivity index (χ3v) is 1.39. The fourth-order valence-corrected chi connectivity index (χ4v) is 0.900. The third kappa shape index (κ3) is 3.05. The van der Waals surface area contributed by atoms with Crippen LogP contribution in [-0.2, 0) is 4.74 Å². The third-order valence-electron chi connectivity index (χ3n) is 1.39. The number of pyridine rings is 1. The maximum atomic E-state index is 11.4. The van der Waals surface area contributed by atoms with Gasteiger partial charge in [0.15, 0.2) is 0 Å². The van der Waals surface area contributed by atoms with Crippen molar-refractivity contribution >= 4 is 5.97 Å². The second-order valence-corrected chi connectivity index (χ2v) is 3.93. The summed E-state index contributed by atoms with van der Waals surface area (Å²) >= 11 is 0. The van der Waals surface area contributed by atoms with Gasteiger partial charge in [0, 0.05) is 6.07 Å². The van der Waals surface area contributed by atoms with Gasteiger partial charge in [0.05, 0.1) is 0 Å². The van der Waals surface area contributed by atoms with Crippen LogP contribution in [0.15, 0.2) is 23.0 Å². The zero-order valence-electron chi connectivity index (χ0n) is 8.46. The molecule has 0 aliphatic heterocycles. The maximum absolute atomic E-state index is 11.4. The van der Waals surface area contributed by atoms with Crippen LogP contribution in [0.3, 0.4) is 0 Å². The van der Waals surface area contributed by atoms with Crippen LogP contribution in [-0.4, -0.2) is 16.6 Å². The standard InChI is InChI=1S/C10H13NO3/c1-10(2,3)14-9(13)7-5-4-6-8(12)11-7/h4-6H,1-3H3,(H,11,12). The van der Waals surface area contributed by atoms with E-state index in [4.69, 9.17) is 4.74 Å². The number of hydrogen-bond acceptors (Lipinski definition) is 3. The molecule has 0 bridgehead atoms. The fourth-order valence-electron chi connectivity index (χ4n) is 0.900. The quantitative estimate of drug-likeness (QED) is 0.688. The molecule has 4 heteroatoms. The Labute approximate surface area is 81.9 Å². The van der Waals surface area contributed by atoms with Crippen LogP contribution < -0.4 is 5.56 Å². The highest BCUT2D eigenvalue weighted by molar-refractivity contribution is 5.87. The number of aromatic amines is 1. The van der Waals surface area contributed by atoms with Gasteiger partial charge in [-0.2, -0.15) is 0 Å². The molecule has 0 saturated heterocycles. The summed E-state index contributed by atoms with van der Waals surface area (Å²) in [6.45, 7) is 5.31. The Morgan fingerprint density at radius 1 is 1.36 bits per heavy atom. The number of hydrogen-bond donors (Lipinski definition) is 1. The van der Waals surface area contributed by atoms with E-state index in [2.05, 4.69) is 4.98 Å². The number of H-pyrrole nitrogens is 1. The van der Waals surface area contributed by atoms with Crippen LogP contribution in [0.5, 0.6) is 0 Å². The molecule has 1 rings (SSSR count). The Bertz CT molecular complexity index is 387. The van der Waals surface area contributed by atoms with Crippen molar-refractivity contribution in [3.63, 3.8) is 0 Å². The fraction of sp³-hybridized carbons (Fsp3) is 0.400. The molecule has 1 aromatic rings. The second kappa shape index (κ2) is 3.65. The van der Waals surface area contributed by atoms with Gasteiger partial charge in [0.1, 0.15) is 11.3 Å². The van der Waals surface area contributed by atoms with Gasteiger partial charge in [-0.15, -0.1) is 0 Å². The van der Waals surface area contributed by atoms with E-state index < -0.39 is 11.6 Å². The monoisotopic (exact) mass is 195 g/mol. The molecule has 0 aromatic carbocycles. The molecule has 0 saturated carbocycles. The zero-order chi connectivity index (χ0) is 10.8. The largest absolute Gasteiger partial charge is 0.455 e. The average Bonchev–Trinajstić information content (AvgIpc) is 2.01. The highest BCUT2D eigenvalue weighted by Crippen LogP contribution is 2.09. The Morgan fingerprint density at radius 2 is 2.00 bits per heavy atom. The lowest BCUT2D eigenvalue weighted by atomic mass is 10.2. The molecular weight excluding hydrogens is 182 g/mol. The molecule has 1 N–H and O–H groups in total. The molecule has 0 aliphatic carbocycles. The Hall–Kier alpha value is -1.58. The molecule has 1 aromatic heterocycles. The normalized spacial score (nSPS) is 11.1. The minimum atomic E-state index is -0.552. The van der Waals surface area contributed by atoms with Crippen molar-refractivity contribution in [2.45, 2.75) is 26.4 Å². The molecule has 0 fully saturated rings. The SMILES string of the molecule is CC(C)(C)OC(=O)c1cccc(=O)[nH]1. The minimum absolute atomic E-state index is 0.174. The molecular formula is C10H13NO3. The van der Waals surface area contributed by atoms with E-state index in [0.29, 0.717) is 0 Å². The summed E-state index contributed by atoms with van der Waals surface area (Å²) in [6, 6.07) is 4.36. The van der Waals surface area contributed by atoms with E-state index in [-0.39, 0.29) is 11.3 Å². The van der Waals surface area contributed by atoms with E-state index in [1.165, 1.54) is 18.2 Å². The van der Waals surface area contributed by atoms with Crippen molar-refractivity contribution in [1.29, 1.82) is 0 Å². The van der Waals surface area contributed by atoms with Crippen LogP contribution in [0.25, 0.3) is 0 Å². The highest BCUT2D eigenvalue weighted by atomic mass is 16.6. The van der Waals surface area contributed by atoms with Crippen molar-refractivity contribution < 1.29 is 9.53 Å². The summed E-state index contributed by atoms with van der Waals surface area (Å²) in [6.07, 6.45) is 0. The first-order valence-electron chi connectivity index (χ1n) is 4.31. The summed E-state index contributed by atoms with van der Waals surface area (Å²) in [7, 11) is 0. The number of aromatic nitrogens is 1. The molecule has 0 atom stereocenters. The maximum Gasteiger partial charge on any atom is 0.355 e. The smallest absolute Gasteiger partial charge is 0.355 e. The van der Waals surface area contributed by atoms with Gasteiger partial charge >= 0.3 is 5.97 Å². The van der Waals surface area contributed by atoms with E-state index >= 15 is 0 Å². The first-order chi connectivity index (χ1) is 6.38. The summed E-state index contributed by atoms with van der Waals surface area (Å²) in [5.74, 6) is -0.518. The van der Waals surface area contributed by atoms with Gasteiger partial charge in [-0.1, -0.05) is 6.07 Å². The van der Waals surface area contributed by atoms with Crippen LogP contribution in [0.4, 0.5) is 0 Å². The van der Waals surface area contributed by atoms with Crippen LogP contribution >= 0.6 is 0 Å². The van der Waals surface area contributed by atoms with Crippen molar-refractivity contribution in [1.82, 2.24) is 4.98 Å². The molecule has 0 spiro atoms. The Morgan fingerprint density at radius 3 is 2.50 bits per heavy atom. The summed E-state index contributed by atoms with van der Waals surface area (Å²) in [5, 5.41) is 0.